The van der Waals surface area contributed by atoms with Crippen LogP contribution in [0.15, 0.2) is 51.4 Å². The number of nitrogens with one attached hydrogen (secondary N) is 1. The number of thiophene rings is 1. The minimum Gasteiger partial charge on any atom is -0.486 e. The summed E-state index contributed by atoms with van der Waals surface area (Å²) in [7, 11) is 1.30. The lowest BCUT2D eigenvalue weighted by molar-refractivity contribution is 0.0602. The van der Waals surface area contributed by atoms with Crippen LogP contribution in [0.2, 0.25) is 0 Å². The predicted octanol–water partition coefficient (Wildman–Crippen LogP) is 5.03. The van der Waals surface area contributed by atoms with Gasteiger partial charge in [-0.2, -0.15) is 0 Å². The van der Waals surface area contributed by atoms with Crippen molar-refractivity contribution in [3.8, 4) is 5.75 Å². The number of furan rings is 1. The fraction of sp³-hybridized carbons (Fsp3) is 0.158. The zero-order valence-electron chi connectivity index (χ0n) is 14.6. The van der Waals surface area contributed by atoms with E-state index >= 15 is 0 Å². The molecule has 3 rings (SSSR count). The van der Waals surface area contributed by atoms with Gasteiger partial charge in [0, 0.05) is 9.35 Å². The Labute approximate surface area is 168 Å². The van der Waals surface area contributed by atoms with Crippen LogP contribution in [0.4, 0.5) is 5.00 Å². The third kappa shape index (κ3) is 4.78. The SMILES string of the molecule is COC(=O)c1cc(C)sc1NC(=O)c1ccc(COc2ccc(Br)cc2)o1. The van der Waals surface area contributed by atoms with Crippen LogP contribution in [0.25, 0.3) is 0 Å². The number of esters is 1. The topological polar surface area (TPSA) is 77.8 Å². The zero-order valence-corrected chi connectivity index (χ0v) is 17.0. The quantitative estimate of drug-likeness (QED) is 0.533. The molecule has 0 aliphatic carbocycles. The van der Waals surface area contributed by atoms with E-state index in [1.807, 2.05) is 31.2 Å². The van der Waals surface area contributed by atoms with E-state index in [2.05, 4.69) is 21.2 Å². The van der Waals surface area contributed by atoms with Gasteiger partial charge < -0.3 is 19.2 Å². The number of ether oxygens (including phenoxy) is 2. The second-order valence-electron chi connectivity index (χ2n) is 5.55. The Morgan fingerprint density at radius 3 is 2.63 bits per heavy atom. The van der Waals surface area contributed by atoms with Gasteiger partial charge in [0.1, 0.15) is 23.1 Å². The molecule has 27 heavy (non-hydrogen) atoms. The first kappa shape index (κ1) is 19.2. The number of amides is 1. The summed E-state index contributed by atoms with van der Waals surface area (Å²) in [6.45, 7) is 2.04. The van der Waals surface area contributed by atoms with Gasteiger partial charge in [0.05, 0.1) is 12.7 Å². The predicted molar refractivity (Wildman–Crippen MR) is 106 cm³/mol. The number of benzene rings is 1. The lowest BCUT2D eigenvalue weighted by Gasteiger charge is -2.05. The molecule has 0 fully saturated rings. The fourth-order valence-electron chi connectivity index (χ4n) is 2.30. The van der Waals surface area contributed by atoms with Crippen molar-refractivity contribution in [2.75, 3.05) is 12.4 Å². The molecule has 0 aliphatic rings. The molecule has 2 heterocycles. The van der Waals surface area contributed by atoms with Gasteiger partial charge >= 0.3 is 5.97 Å². The standard InChI is InChI=1S/C19H16BrNO5S/c1-11-9-15(19(23)24-2)18(27-11)21-17(22)16-8-7-14(26-16)10-25-13-5-3-12(20)4-6-13/h3-9H,10H2,1-2H3,(H,21,22). The van der Waals surface area contributed by atoms with Gasteiger partial charge in [-0.1, -0.05) is 15.9 Å². The van der Waals surface area contributed by atoms with E-state index < -0.39 is 11.9 Å². The van der Waals surface area contributed by atoms with E-state index in [-0.39, 0.29) is 12.4 Å². The third-order valence-corrected chi connectivity index (χ3v) is 5.06. The van der Waals surface area contributed by atoms with Crippen LogP contribution >= 0.6 is 27.3 Å². The molecule has 1 aromatic carbocycles. The molecule has 1 N–H and O–H groups in total. The molecule has 2 aromatic heterocycles. The average molecular weight is 450 g/mol. The van der Waals surface area contributed by atoms with Crippen molar-refractivity contribution in [3.63, 3.8) is 0 Å². The first-order chi connectivity index (χ1) is 13.0. The van der Waals surface area contributed by atoms with Crippen LogP contribution in [0.5, 0.6) is 5.75 Å². The Bertz CT molecular complexity index is 961. The second kappa shape index (κ2) is 8.41. The second-order valence-corrected chi connectivity index (χ2v) is 7.73. The van der Waals surface area contributed by atoms with Crippen LogP contribution < -0.4 is 10.1 Å². The summed E-state index contributed by atoms with van der Waals surface area (Å²) < 4.78 is 16.9. The Morgan fingerprint density at radius 1 is 1.19 bits per heavy atom. The molecule has 6 nitrogen and oxygen atoms in total. The molecule has 140 valence electrons. The van der Waals surface area contributed by atoms with Crippen molar-refractivity contribution in [2.24, 2.45) is 0 Å². The van der Waals surface area contributed by atoms with Gasteiger partial charge in [-0.05, 0) is 49.4 Å². The molecule has 1 amide bonds. The molecule has 0 radical (unpaired) electrons. The van der Waals surface area contributed by atoms with Crippen molar-refractivity contribution in [1.29, 1.82) is 0 Å². The average Bonchev–Trinajstić information content (AvgIpc) is 3.27. The number of hydrogen-bond acceptors (Lipinski definition) is 6. The first-order valence-electron chi connectivity index (χ1n) is 7.93. The molecule has 0 atom stereocenters. The number of aryl methyl sites for hydroxylation is 1. The molecule has 3 aromatic rings. The van der Waals surface area contributed by atoms with E-state index in [1.165, 1.54) is 18.4 Å². The Morgan fingerprint density at radius 2 is 1.93 bits per heavy atom. The normalized spacial score (nSPS) is 10.5. The highest BCUT2D eigenvalue weighted by Gasteiger charge is 2.19. The number of carbonyl (C=O) groups excluding carboxylic acids is 2. The minimum atomic E-state index is -0.502. The van der Waals surface area contributed by atoms with E-state index in [0.29, 0.717) is 22.1 Å². The molecular weight excluding hydrogens is 434 g/mol. The van der Waals surface area contributed by atoms with E-state index in [9.17, 15) is 9.59 Å². The monoisotopic (exact) mass is 449 g/mol. The number of halogens is 1. The molecule has 0 saturated heterocycles. The minimum absolute atomic E-state index is 0.131. The molecule has 0 saturated carbocycles. The number of anilines is 1. The summed E-state index contributed by atoms with van der Waals surface area (Å²) in [6, 6.07) is 12.3. The van der Waals surface area contributed by atoms with Gasteiger partial charge in [-0.3, -0.25) is 4.79 Å². The maximum Gasteiger partial charge on any atom is 0.340 e. The van der Waals surface area contributed by atoms with Crippen molar-refractivity contribution >= 4 is 44.1 Å². The zero-order chi connectivity index (χ0) is 19.4. The highest BCUT2D eigenvalue weighted by Crippen LogP contribution is 2.29. The first-order valence-corrected chi connectivity index (χ1v) is 9.54. The maximum atomic E-state index is 12.4. The van der Waals surface area contributed by atoms with Crippen LogP contribution in [-0.4, -0.2) is 19.0 Å². The summed E-state index contributed by atoms with van der Waals surface area (Å²) in [5, 5.41) is 3.12. The van der Waals surface area contributed by atoms with Gasteiger partial charge in [-0.25, -0.2) is 4.79 Å². The molecule has 0 aliphatic heterocycles. The van der Waals surface area contributed by atoms with Gasteiger partial charge in [0.25, 0.3) is 5.91 Å². The van der Waals surface area contributed by atoms with Gasteiger partial charge in [0.2, 0.25) is 0 Å². The van der Waals surface area contributed by atoms with E-state index in [1.54, 1.807) is 18.2 Å². The van der Waals surface area contributed by atoms with Crippen molar-refractivity contribution in [2.45, 2.75) is 13.5 Å². The van der Waals surface area contributed by atoms with Crippen molar-refractivity contribution < 1.29 is 23.5 Å². The van der Waals surface area contributed by atoms with Gasteiger partial charge in [-0.15, -0.1) is 11.3 Å². The van der Waals surface area contributed by atoms with Gasteiger partial charge in [0.15, 0.2) is 5.76 Å². The summed E-state index contributed by atoms with van der Waals surface area (Å²) >= 11 is 4.65. The number of methoxy groups -OCH3 is 1. The number of rotatable bonds is 6. The smallest absolute Gasteiger partial charge is 0.340 e. The highest BCUT2D eigenvalue weighted by molar-refractivity contribution is 9.10. The van der Waals surface area contributed by atoms with Crippen LogP contribution in [0.3, 0.4) is 0 Å². The Kier molecular flexibility index (Phi) is 5.98. The lowest BCUT2D eigenvalue weighted by atomic mass is 10.3. The fourth-order valence-corrected chi connectivity index (χ4v) is 3.46. The lowest BCUT2D eigenvalue weighted by Crippen LogP contribution is -2.13. The van der Waals surface area contributed by atoms with E-state index in [0.717, 1.165) is 9.35 Å². The summed E-state index contributed by atoms with van der Waals surface area (Å²) in [5.74, 6) is 0.386. The molecule has 0 unspecified atom stereocenters. The maximum absolute atomic E-state index is 12.4. The number of carbonyl (C=O) groups is 2. The van der Waals surface area contributed by atoms with Crippen LogP contribution in [-0.2, 0) is 11.3 Å². The molecule has 8 heteroatoms. The van der Waals surface area contributed by atoms with Crippen LogP contribution in [0, 0.1) is 6.92 Å². The number of hydrogen-bond donors (Lipinski definition) is 1. The van der Waals surface area contributed by atoms with Crippen molar-refractivity contribution in [1.82, 2.24) is 0 Å². The largest absolute Gasteiger partial charge is 0.486 e. The summed E-state index contributed by atoms with van der Waals surface area (Å²) in [6.07, 6.45) is 0. The highest BCUT2D eigenvalue weighted by atomic mass is 79.9. The van der Waals surface area contributed by atoms with Crippen LogP contribution in [0.1, 0.15) is 31.6 Å². The molecular formula is C19H16BrNO5S. The third-order valence-electron chi connectivity index (χ3n) is 3.57. The van der Waals surface area contributed by atoms with Crippen molar-refractivity contribution in [3.05, 3.63) is 68.9 Å². The molecule has 0 spiro atoms. The van der Waals surface area contributed by atoms with E-state index in [4.69, 9.17) is 13.9 Å². The Balaban J connectivity index is 1.65. The molecule has 0 bridgehead atoms. The summed E-state index contributed by atoms with van der Waals surface area (Å²) in [4.78, 5) is 25.1. The Hall–Kier alpha value is -2.58. The summed E-state index contributed by atoms with van der Waals surface area (Å²) in [5.41, 5.74) is 0.318.